The summed E-state index contributed by atoms with van der Waals surface area (Å²) in [6.07, 6.45) is 4.08. The molecule has 2 heterocycles. The molecule has 1 aliphatic rings. The molecular formula is C11H20N4. The molecule has 2 rings (SSSR count). The van der Waals surface area contributed by atoms with Crippen LogP contribution in [0.3, 0.4) is 0 Å². The lowest BCUT2D eigenvalue weighted by Gasteiger charge is -2.41. The van der Waals surface area contributed by atoms with E-state index in [1.807, 2.05) is 17.9 Å². The van der Waals surface area contributed by atoms with Gasteiger partial charge in [-0.05, 0) is 13.5 Å². The van der Waals surface area contributed by atoms with E-state index in [0.717, 1.165) is 19.6 Å². The van der Waals surface area contributed by atoms with Gasteiger partial charge in [-0.2, -0.15) is 5.10 Å². The van der Waals surface area contributed by atoms with Gasteiger partial charge < -0.3 is 5.32 Å². The topological polar surface area (TPSA) is 33.1 Å². The van der Waals surface area contributed by atoms with E-state index in [1.165, 1.54) is 5.56 Å². The molecule has 0 saturated carbocycles. The molecule has 0 aliphatic carbocycles. The molecule has 4 nitrogen and oxygen atoms in total. The standard InChI is InChI=1S/C11H20N4/c1-4-15(11-6-12-7-11)9(2)10-5-13-14(3)8-10/h5,8-9,11-12H,4,6-7H2,1-3H3. The summed E-state index contributed by atoms with van der Waals surface area (Å²) in [5, 5.41) is 7.56. The highest BCUT2D eigenvalue weighted by Gasteiger charge is 2.28. The molecule has 15 heavy (non-hydrogen) atoms. The molecular weight excluding hydrogens is 188 g/mol. The Kier molecular flexibility index (Phi) is 3.07. The van der Waals surface area contributed by atoms with Gasteiger partial charge in [0.15, 0.2) is 0 Å². The predicted octanol–water partition coefficient (Wildman–Crippen LogP) is 0.775. The third kappa shape index (κ3) is 2.06. The highest BCUT2D eigenvalue weighted by Crippen LogP contribution is 2.22. The van der Waals surface area contributed by atoms with Crippen LogP contribution in [0, 0.1) is 0 Å². The second-order valence-corrected chi connectivity index (χ2v) is 4.27. The summed E-state index contributed by atoms with van der Waals surface area (Å²) < 4.78 is 1.87. The summed E-state index contributed by atoms with van der Waals surface area (Å²) in [7, 11) is 1.97. The van der Waals surface area contributed by atoms with Crippen LogP contribution in [0.2, 0.25) is 0 Å². The molecule has 0 amide bonds. The monoisotopic (exact) mass is 208 g/mol. The Labute approximate surface area is 91.3 Å². The van der Waals surface area contributed by atoms with E-state index < -0.39 is 0 Å². The SMILES string of the molecule is CCN(C1CNC1)C(C)c1cnn(C)c1. The molecule has 1 aliphatic heterocycles. The normalized spacial score (nSPS) is 19.2. The molecule has 1 fully saturated rings. The molecule has 0 radical (unpaired) electrons. The Morgan fingerprint density at radius 2 is 2.40 bits per heavy atom. The Hall–Kier alpha value is -0.870. The van der Waals surface area contributed by atoms with Gasteiger partial charge in [-0.25, -0.2) is 0 Å². The van der Waals surface area contributed by atoms with Gasteiger partial charge in [0.05, 0.1) is 6.20 Å². The molecule has 1 aromatic rings. The first-order valence-electron chi connectivity index (χ1n) is 5.67. The highest BCUT2D eigenvalue weighted by atomic mass is 15.3. The fraction of sp³-hybridized carbons (Fsp3) is 0.727. The number of aromatic nitrogens is 2. The summed E-state index contributed by atoms with van der Waals surface area (Å²) in [6, 6.07) is 1.17. The second-order valence-electron chi connectivity index (χ2n) is 4.27. The second kappa shape index (κ2) is 4.33. The summed E-state index contributed by atoms with van der Waals surface area (Å²) in [4.78, 5) is 2.54. The molecule has 1 atom stereocenters. The van der Waals surface area contributed by atoms with E-state index in [2.05, 4.69) is 35.4 Å². The van der Waals surface area contributed by atoms with Crippen molar-refractivity contribution >= 4 is 0 Å². The molecule has 1 unspecified atom stereocenters. The molecule has 1 saturated heterocycles. The summed E-state index contributed by atoms with van der Waals surface area (Å²) in [5.41, 5.74) is 1.31. The van der Waals surface area contributed by atoms with E-state index in [4.69, 9.17) is 0 Å². The number of hydrogen-bond donors (Lipinski definition) is 1. The van der Waals surface area contributed by atoms with Crippen LogP contribution in [0.15, 0.2) is 12.4 Å². The third-order valence-corrected chi connectivity index (χ3v) is 3.30. The summed E-state index contributed by atoms with van der Waals surface area (Å²) >= 11 is 0. The van der Waals surface area contributed by atoms with E-state index in [1.54, 1.807) is 0 Å². The Balaban J connectivity index is 2.07. The van der Waals surface area contributed by atoms with E-state index >= 15 is 0 Å². The van der Waals surface area contributed by atoms with Gasteiger partial charge in [0, 0.05) is 44.0 Å². The number of rotatable bonds is 4. The third-order valence-electron chi connectivity index (χ3n) is 3.30. The van der Waals surface area contributed by atoms with Crippen LogP contribution in [-0.2, 0) is 7.05 Å². The Bertz CT molecular complexity index is 316. The lowest BCUT2D eigenvalue weighted by Crippen LogP contribution is -2.57. The first-order valence-corrected chi connectivity index (χ1v) is 5.67. The van der Waals surface area contributed by atoms with E-state index in [9.17, 15) is 0 Å². The van der Waals surface area contributed by atoms with Crippen molar-refractivity contribution < 1.29 is 0 Å². The maximum atomic E-state index is 4.23. The van der Waals surface area contributed by atoms with Crippen molar-refractivity contribution in [2.45, 2.75) is 25.9 Å². The van der Waals surface area contributed by atoms with Gasteiger partial charge in [0.1, 0.15) is 0 Å². The van der Waals surface area contributed by atoms with Gasteiger partial charge in [0.2, 0.25) is 0 Å². The number of aryl methyl sites for hydroxylation is 1. The minimum atomic E-state index is 0.468. The van der Waals surface area contributed by atoms with Crippen LogP contribution in [0.4, 0.5) is 0 Å². The first-order chi connectivity index (χ1) is 7.22. The minimum Gasteiger partial charge on any atom is -0.314 e. The first kappa shape index (κ1) is 10.6. The Morgan fingerprint density at radius 3 is 2.80 bits per heavy atom. The van der Waals surface area contributed by atoms with Crippen molar-refractivity contribution in [3.05, 3.63) is 18.0 Å². The van der Waals surface area contributed by atoms with Crippen molar-refractivity contribution in [3.63, 3.8) is 0 Å². The largest absolute Gasteiger partial charge is 0.314 e. The lowest BCUT2D eigenvalue weighted by molar-refractivity contribution is 0.110. The van der Waals surface area contributed by atoms with Crippen LogP contribution in [-0.4, -0.2) is 40.4 Å². The molecule has 84 valence electrons. The molecule has 1 N–H and O–H groups in total. The van der Waals surface area contributed by atoms with Crippen molar-refractivity contribution in [2.75, 3.05) is 19.6 Å². The molecule has 1 aromatic heterocycles. The van der Waals surface area contributed by atoms with Gasteiger partial charge in [-0.15, -0.1) is 0 Å². The fourth-order valence-electron chi connectivity index (χ4n) is 2.20. The lowest BCUT2D eigenvalue weighted by atomic mass is 10.1. The van der Waals surface area contributed by atoms with Crippen molar-refractivity contribution in [1.29, 1.82) is 0 Å². The smallest absolute Gasteiger partial charge is 0.0537 e. The van der Waals surface area contributed by atoms with Crippen LogP contribution in [0.1, 0.15) is 25.5 Å². The zero-order chi connectivity index (χ0) is 10.8. The number of hydrogen-bond acceptors (Lipinski definition) is 3. The van der Waals surface area contributed by atoms with Crippen molar-refractivity contribution in [2.24, 2.45) is 7.05 Å². The van der Waals surface area contributed by atoms with Gasteiger partial charge >= 0.3 is 0 Å². The molecule has 0 spiro atoms. The van der Waals surface area contributed by atoms with E-state index in [-0.39, 0.29) is 0 Å². The quantitative estimate of drug-likeness (QED) is 0.793. The fourth-order valence-corrected chi connectivity index (χ4v) is 2.20. The van der Waals surface area contributed by atoms with Crippen LogP contribution in [0.5, 0.6) is 0 Å². The number of likely N-dealkylation sites (N-methyl/N-ethyl adjacent to an activating group) is 1. The van der Waals surface area contributed by atoms with E-state index in [0.29, 0.717) is 12.1 Å². The minimum absolute atomic E-state index is 0.468. The van der Waals surface area contributed by atoms with Gasteiger partial charge in [-0.1, -0.05) is 6.92 Å². The zero-order valence-corrected chi connectivity index (χ0v) is 9.77. The van der Waals surface area contributed by atoms with Crippen molar-refractivity contribution in [1.82, 2.24) is 20.0 Å². The summed E-state index contributed by atoms with van der Waals surface area (Å²) in [5.74, 6) is 0. The average molecular weight is 208 g/mol. The predicted molar refractivity (Wildman–Crippen MR) is 60.7 cm³/mol. The number of nitrogens with one attached hydrogen (secondary N) is 1. The zero-order valence-electron chi connectivity index (χ0n) is 9.77. The van der Waals surface area contributed by atoms with Gasteiger partial charge in [0.25, 0.3) is 0 Å². The van der Waals surface area contributed by atoms with Crippen LogP contribution >= 0.6 is 0 Å². The molecule has 4 heteroatoms. The van der Waals surface area contributed by atoms with Crippen LogP contribution in [0.25, 0.3) is 0 Å². The number of nitrogens with zero attached hydrogens (tertiary/aromatic N) is 3. The van der Waals surface area contributed by atoms with Crippen molar-refractivity contribution in [3.8, 4) is 0 Å². The maximum absolute atomic E-state index is 4.23. The van der Waals surface area contributed by atoms with Gasteiger partial charge in [-0.3, -0.25) is 9.58 Å². The molecule has 0 aromatic carbocycles. The maximum Gasteiger partial charge on any atom is 0.0537 e. The van der Waals surface area contributed by atoms with Crippen LogP contribution < -0.4 is 5.32 Å². The molecule has 0 bridgehead atoms. The average Bonchev–Trinajstić information content (AvgIpc) is 2.57. The Morgan fingerprint density at radius 1 is 1.67 bits per heavy atom. The highest BCUT2D eigenvalue weighted by molar-refractivity contribution is 5.10. The summed E-state index contributed by atoms with van der Waals surface area (Å²) in [6.45, 7) is 7.84.